The third-order valence-electron chi connectivity index (χ3n) is 4.83. The number of hydrogen-bond donors (Lipinski definition) is 0. The lowest BCUT2D eigenvalue weighted by Crippen LogP contribution is -2.31. The van der Waals surface area contributed by atoms with Gasteiger partial charge in [-0.15, -0.1) is 0 Å². The zero-order chi connectivity index (χ0) is 21.3. The van der Waals surface area contributed by atoms with E-state index in [4.69, 9.17) is 24.2 Å². The zero-order valence-corrected chi connectivity index (χ0v) is 17.3. The molecule has 2 aromatic carbocycles. The molecule has 0 spiro atoms. The summed E-state index contributed by atoms with van der Waals surface area (Å²) in [5, 5.41) is 8.97. The number of nitriles is 1. The molecule has 0 saturated carbocycles. The van der Waals surface area contributed by atoms with Gasteiger partial charge in [-0.2, -0.15) is 5.26 Å². The lowest BCUT2D eigenvalue weighted by molar-refractivity contribution is -0.131. The van der Waals surface area contributed by atoms with E-state index >= 15 is 0 Å². The highest BCUT2D eigenvalue weighted by Crippen LogP contribution is 2.34. The highest BCUT2D eigenvalue weighted by atomic mass is 16.6. The molecule has 158 valence electrons. The van der Waals surface area contributed by atoms with Crippen molar-refractivity contribution in [1.82, 2.24) is 4.90 Å². The van der Waals surface area contributed by atoms with Gasteiger partial charge < -0.3 is 23.8 Å². The third-order valence-corrected chi connectivity index (χ3v) is 4.83. The van der Waals surface area contributed by atoms with Crippen molar-refractivity contribution in [2.75, 3.05) is 33.5 Å². The molecule has 0 aromatic heterocycles. The first-order valence-electron chi connectivity index (χ1n) is 10.0. The molecule has 1 heterocycles. The van der Waals surface area contributed by atoms with Gasteiger partial charge in [-0.25, -0.2) is 0 Å². The molecule has 0 saturated heterocycles. The Kier molecular flexibility index (Phi) is 7.39. The van der Waals surface area contributed by atoms with Gasteiger partial charge in [0.1, 0.15) is 13.2 Å². The Morgan fingerprint density at radius 1 is 1.20 bits per heavy atom. The zero-order valence-electron chi connectivity index (χ0n) is 17.3. The summed E-state index contributed by atoms with van der Waals surface area (Å²) in [5.41, 5.74) is 1.45. The summed E-state index contributed by atoms with van der Waals surface area (Å²) in [6, 6.07) is 12.8. The summed E-state index contributed by atoms with van der Waals surface area (Å²) >= 11 is 0. The average Bonchev–Trinajstić information content (AvgIpc) is 2.80. The Morgan fingerprint density at radius 2 is 2.03 bits per heavy atom. The average molecular weight is 410 g/mol. The van der Waals surface area contributed by atoms with Gasteiger partial charge in [-0.05, 0) is 31.5 Å². The topological polar surface area (TPSA) is 81.0 Å². The first kappa shape index (κ1) is 21.3. The van der Waals surface area contributed by atoms with E-state index in [1.165, 1.54) is 7.11 Å². The Morgan fingerprint density at radius 3 is 2.80 bits per heavy atom. The number of methoxy groups -OCH3 is 1. The van der Waals surface area contributed by atoms with E-state index in [2.05, 4.69) is 6.07 Å². The lowest BCUT2D eigenvalue weighted by Gasteiger charge is -2.25. The van der Waals surface area contributed by atoms with Crippen molar-refractivity contribution >= 4 is 5.91 Å². The Balaban J connectivity index is 1.52. The largest absolute Gasteiger partial charge is 0.493 e. The van der Waals surface area contributed by atoms with Gasteiger partial charge in [-0.3, -0.25) is 4.79 Å². The molecule has 0 aliphatic carbocycles. The number of carbonyl (C=O) groups is 1. The van der Waals surface area contributed by atoms with Crippen molar-refractivity contribution in [3.05, 3.63) is 47.5 Å². The minimum atomic E-state index is 0.0576. The van der Waals surface area contributed by atoms with E-state index in [9.17, 15) is 4.79 Å². The molecule has 0 bridgehead atoms. The lowest BCUT2D eigenvalue weighted by atomic mass is 10.1. The standard InChI is InChI=1S/C23H26N2O5/c1-3-25(16-18-6-4-7-20-23(18)30-13-12-29-20)22(26)8-5-11-28-19-10-9-17(15-24)14-21(19)27-2/h4,6-7,9-10,14H,3,5,8,11-13,16H2,1-2H3. The van der Waals surface area contributed by atoms with Crippen LogP contribution in [-0.2, 0) is 11.3 Å². The fourth-order valence-electron chi connectivity index (χ4n) is 3.26. The van der Waals surface area contributed by atoms with E-state index in [0.717, 1.165) is 17.1 Å². The number of hydrogen-bond acceptors (Lipinski definition) is 6. The fourth-order valence-corrected chi connectivity index (χ4v) is 3.26. The second kappa shape index (κ2) is 10.4. The maximum Gasteiger partial charge on any atom is 0.222 e. The first-order chi connectivity index (χ1) is 14.7. The van der Waals surface area contributed by atoms with E-state index in [0.29, 0.717) is 62.8 Å². The molecule has 7 heteroatoms. The molecular weight excluding hydrogens is 384 g/mol. The van der Waals surface area contributed by atoms with Crippen LogP contribution in [-0.4, -0.2) is 44.3 Å². The van der Waals surface area contributed by atoms with Crippen LogP contribution < -0.4 is 18.9 Å². The summed E-state index contributed by atoms with van der Waals surface area (Å²) in [4.78, 5) is 14.5. The molecule has 1 aliphatic heterocycles. The Hall–Kier alpha value is -3.40. The summed E-state index contributed by atoms with van der Waals surface area (Å²) in [6.45, 7) is 4.48. The SMILES string of the molecule is CCN(Cc1cccc2c1OCCO2)C(=O)CCCOc1ccc(C#N)cc1OC. The Bertz CT molecular complexity index is 922. The summed E-state index contributed by atoms with van der Waals surface area (Å²) in [7, 11) is 1.53. The van der Waals surface area contributed by atoms with Gasteiger partial charge in [0.25, 0.3) is 0 Å². The van der Waals surface area contributed by atoms with E-state index in [-0.39, 0.29) is 5.91 Å². The summed E-state index contributed by atoms with van der Waals surface area (Å²) < 4.78 is 22.4. The van der Waals surface area contributed by atoms with Crippen LogP contribution >= 0.6 is 0 Å². The minimum absolute atomic E-state index is 0.0576. The van der Waals surface area contributed by atoms with Crippen molar-refractivity contribution in [3.8, 4) is 29.1 Å². The summed E-state index contributed by atoms with van der Waals surface area (Å²) in [6.07, 6.45) is 0.948. The summed E-state index contributed by atoms with van der Waals surface area (Å²) in [5.74, 6) is 2.58. The molecule has 3 rings (SSSR count). The number of benzene rings is 2. The third kappa shape index (κ3) is 5.15. The van der Waals surface area contributed by atoms with Crippen LogP contribution in [0, 0.1) is 11.3 Å². The second-order valence-electron chi connectivity index (χ2n) is 6.78. The molecule has 0 N–H and O–H groups in total. The van der Waals surface area contributed by atoms with Crippen LogP contribution in [0.2, 0.25) is 0 Å². The van der Waals surface area contributed by atoms with Crippen LogP contribution in [0.25, 0.3) is 0 Å². The molecule has 1 aliphatic rings. The Labute approximate surface area is 176 Å². The normalized spacial score (nSPS) is 12.0. The number of para-hydroxylation sites is 1. The quantitative estimate of drug-likeness (QED) is 0.588. The van der Waals surface area contributed by atoms with Crippen molar-refractivity contribution < 1.29 is 23.7 Å². The van der Waals surface area contributed by atoms with Gasteiger partial charge >= 0.3 is 0 Å². The number of amides is 1. The van der Waals surface area contributed by atoms with Gasteiger partial charge in [0.15, 0.2) is 23.0 Å². The molecule has 1 amide bonds. The van der Waals surface area contributed by atoms with Gasteiger partial charge in [-0.1, -0.05) is 12.1 Å². The number of rotatable bonds is 9. The number of nitrogens with zero attached hydrogens (tertiary/aromatic N) is 2. The van der Waals surface area contributed by atoms with Crippen molar-refractivity contribution in [1.29, 1.82) is 5.26 Å². The van der Waals surface area contributed by atoms with Crippen LogP contribution in [0.4, 0.5) is 0 Å². The van der Waals surface area contributed by atoms with Crippen molar-refractivity contribution in [3.63, 3.8) is 0 Å². The molecule has 0 atom stereocenters. The predicted octanol–water partition coefficient (Wildman–Crippen LogP) is 3.55. The molecular formula is C23H26N2O5. The van der Waals surface area contributed by atoms with Gasteiger partial charge in [0, 0.05) is 31.1 Å². The maximum atomic E-state index is 12.7. The van der Waals surface area contributed by atoms with E-state index < -0.39 is 0 Å². The van der Waals surface area contributed by atoms with Gasteiger partial charge in [0.2, 0.25) is 5.91 Å². The number of carbonyl (C=O) groups excluding carboxylic acids is 1. The van der Waals surface area contributed by atoms with E-state index in [1.54, 1.807) is 23.1 Å². The first-order valence-corrected chi connectivity index (χ1v) is 10.0. The van der Waals surface area contributed by atoms with Crippen LogP contribution in [0.1, 0.15) is 30.9 Å². The monoisotopic (exact) mass is 410 g/mol. The van der Waals surface area contributed by atoms with E-state index in [1.807, 2.05) is 25.1 Å². The highest BCUT2D eigenvalue weighted by molar-refractivity contribution is 5.76. The molecule has 7 nitrogen and oxygen atoms in total. The fraction of sp³-hybridized carbons (Fsp3) is 0.391. The molecule has 0 fully saturated rings. The van der Waals surface area contributed by atoms with Crippen LogP contribution in [0.3, 0.4) is 0 Å². The van der Waals surface area contributed by atoms with Gasteiger partial charge in [0.05, 0.1) is 25.3 Å². The van der Waals surface area contributed by atoms with Crippen LogP contribution in [0.5, 0.6) is 23.0 Å². The molecule has 0 radical (unpaired) electrons. The number of fused-ring (bicyclic) bond motifs is 1. The number of ether oxygens (including phenoxy) is 4. The van der Waals surface area contributed by atoms with Crippen LogP contribution in [0.15, 0.2) is 36.4 Å². The smallest absolute Gasteiger partial charge is 0.222 e. The highest BCUT2D eigenvalue weighted by Gasteiger charge is 2.19. The molecule has 2 aromatic rings. The molecule has 0 unspecified atom stereocenters. The maximum absolute atomic E-state index is 12.7. The predicted molar refractivity (Wildman–Crippen MR) is 111 cm³/mol. The minimum Gasteiger partial charge on any atom is -0.493 e. The molecule has 30 heavy (non-hydrogen) atoms. The van der Waals surface area contributed by atoms with Crippen molar-refractivity contribution in [2.24, 2.45) is 0 Å². The van der Waals surface area contributed by atoms with Crippen molar-refractivity contribution in [2.45, 2.75) is 26.3 Å². The second-order valence-corrected chi connectivity index (χ2v) is 6.78.